The number of hydrogen-bond donors (Lipinski definition) is 0. The molecule has 0 saturated heterocycles. The van der Waals surface area contributed by atoms with Crippen LogP contribution in [0.25, 0.3) is 0 Å². The summed E-state index contributed by atoms with van der Waals surface area (Å²) in [5.41, 5.74) is 2.98. The Kier molecular flexibility index (Phi) is 9.89. The normalized spacial score (nSPS) is 12.3. The maximum Gasteiger partial charge on any atom is 0.278 e. The summed E-state index contributed by atoms with van der Waals surface area (Å²) < 4.78 is 15.6. The number of carbonyl (C=O) groups is 1. The highest BCUT2D eigenvalue weighted by Gasteiger charge is 2.29. The fraction of sp³-hybridized carbons (Fsp3) is 0.276. The van der Waals surface area contributed by atoms with Crippen molar-refractivity contribution >= 4 is 42.2 Å². The Morgan fingerprint density at radius 2 is 1.71 bits per heavy atom. The molecule has 0 N–H and O–H groups in total. The predicted molar refractivity (Wildman–Crippen MR) is 154 cm³/mol. The van der Waals surface area contributed by atoms with E-state index in [-0.39, 0.29) is 36.5 Å². The molecule has 2 aromatic carbocycles. The first-order valence-corrected chi connectivity index (χ1v) is 12.4. The molecule has 1 fully saturated rings. The first-order valence-electron chi connectivity index (χ1n) is 12.4. The molecular formula is C29H32Cl2FN5O. The molecule has 5 rings (SSSR count). The van der Waals surface area contributed by atoms with Gasteiger partial charge in [-0.25, -0.2) is 14.4 Å². The molecule has 200 valence electrons. The second kappa shape index (κ2) is 12.9. The summed E-state index contributed by atoms with van der Waals surface area (Å²) in [5, 5.41) is 0. The van der Waals surface area contributed by atoms with Gasteiger partial charge in [-0.3, -0.25) is 4.79 Å². The van der Waals surface area contributed by atoms with Crippen LogP contribution in [0.5, 0.6) is 0 Å². The van der Waals surface area contributed by atoms with E-state index in [1.807, 2.05) is 60.2 Å². The largest absolute Gasteiger partial charge is 0.354 e. The summed E-state index contributed by atoms with van der Waals surface area (Å²) in [7, 11) is 0. The molecule has 0 aliphatic heterocycles. The molecule has 2 heterocycles. The zero-order valence-electron chi connectivity index (χ0n) is 21.5. The Bertz CT molecular complexity index is 1330. The van der Waals surface area contributed by atoms with E-state index in [4.69, 9.17) is 0 Å². The van der Waals surface area contributed by atoms with Gasteiger partial charge in [0.05, 0.1) is 6.54 Å². The van der Waals surface area contributed by atoms with Crippen molar-refractivity contribution in [3.05, 3.63) is 108 Å². The van der Waals surface area contributed by atoms with Gasteiger partial charge >= 0.3 is 0 Å². The molecule has 6 nitrogen and oxygen atoms in total. The maximum absolute atomic E-state index is 13.7. The minimum atomic E-state index is -0.347. The minimum absolute atomic E-state index is 0. The molecule has 38 heavy (non-hydrogen) atoms. The highest BCUT2D eigenvalue weighted by molar-refractivity contribution is 6.04. The van der Waals surface area contributed by atoms with Crippen molar-refractivity contribution in [2.75, 3.05) is 16.3 Å². The lowest BCUT2D eigenvalue weighted by atomic mass is 10.2. The van der Waals surface area contributed by atoms with Crippen LogP contribution in [0.15, 0.2) is 79.1 Å². The third-order valence-corrected chi connectivity index (χ3v) is 6.55. The molecule has 1 amide bonds. The van der Waals surface area contributed by atoms with Crippen LogP contribution in [-0.2, 0) is 13.1 Å². The Hall–Kier alpha value is -3.42. The minimum Gasteiger partial charge on any atom is -0.354 e. The highest BCUT2D eigenvalue weighted by Crippen LogP contribution is 2.30. The number of pyridine rings is 1. The van der Waals surface area contributed by atoms with Crippen LogP contribution in [-0.4, -0.2) is 33.0 Å². The number of halogens is 3. The molecule has 1 aliphatic rings. The zero-order valence-corrected chi connectivity index (χ0v) is 23.1. The van der Waals surface area contributed by atoms with Crippen LogP contribution in [0.2, 0.25) is 0 Å². The van der Waals surface area contributed by atoms with E-state index in [1.54, 1.807) is 23.2 Å². The molecule has 9 heteroatoms. The smallest absolute Gasteiger partial charge is 0.278 e. The van der Waals surface area contributed by atoms with Crippen LogP contribution in [0, 0.1) is 12.7 Å². The third-order valence-electron chi connectivity index (χ3n) is 6.55. The number of benzene rings is 2. The molecule has 1 aliphatic carbocycles. The van der Waals surface area contributed by atoms with Crippen molar-refractivity contribution < 1.29 is 9.18 Å². The summed E-state index contributed by atoms with van der Waals surface area (Å²) in [6, 6.07) is 20.6. The SMILES string of the molecule is CCN(c1ccc(CN(C(=O)c2cn(Cc3ccccc3)c(C)n2)c2ccc(F)cc2)cn1)C1CC1.Cl.Cl. The van der Waals surface area contributed by atoms with Gasteiger partial charge in [0.25, 0.3) is 5.91 Å². The Morgan fingerprint density at radius 1 is 1.00 bits per heavy atom. The molecule has 2 aromatic heterocycles. The second-order valence-electron chi connectivity index (χ2n) is 9.20. The van der Waals surface area contributed by atoms with Crippen LogP contribution in [0.4, 0.5) is 15.9 Å². The topological polar surface area (TPSA) is 54.3 Å². The first-order chi connectivity index (χ1) is 17.5. The van der Waals surface area contributed by atoms with Gasteiger partial charge < -0.3 is 14.4 Å². The number of anilines is 2. The number of rotatable bonds is 9. The van der Waals surface area contributed by atoms with Gasteiger partial charge in [-0.15, -0.1) is 24.8 Å². The monoisotopic (exact) mass is 555 g/mol. The quantitative estimate of drug-likeness (QED) is 0.238. The van der Waals surface area contributed by atoms with Crippen molar-refractivity contribution in [3.63, 3.8) is 0 Å². The summed E-state index contributed by atoms with van der Waals surface area (Å²) in [4.78, 5) is 26.9. The molecule has 0 atom stereocenters. The zero-order chi connectivity index (χ0) is 25.1. The van der Waals surface area contributed by atoms with Crippen molar-refractivity contribution in [1.82, 2.24) is 14.5 Å². The Labute approximate surface area is 235 Å². The molecule has 0 unspecified atom stereocenters. The van der Waals surface area contributed by atoms with Crippen molar-refractivity contribution in [1.29, 1.82) is 0 Å². The van der Waals surface area contributed by atoms with Gasteiger partial charge in [0.15, 0.2) is 0 Å². The lowest BCUT2D eigenvalue weighted by Gasteiger charge is -2.24. The molecular weight excluding hydrogens is 524 g/mol. The van der Waals surface area contributed by atoms with E-state index in [1.165, 1.54) is 25.0 Å². The van der Waals surface area contributed by atoms with E-state index in [9.17, 15) is 9.18 Å². The van der Waals surface area contributed by atoms with Gasteiger partial charge in [0, 0.05) is 37.2 Å². The fourth-order valence-corrected chi connectivity index (χ4v) is 4.45. The van der Waals surface area contributed by atoms with Gasteiger partial charge in [0.2, 0.25) is 0 Å². The average molecular weight is 557 g/mol. The molecule has 0 spiro atoms. The number of aryl methyl sites for hydroxylation is 1. The van der Waals surface area contributed by atoms with E-state index in [0.29, 0.717) is 30.5 Å². The third kappa shape index (κ3) is 6.71. The van der Waals surface area contributed by atoms with E-state index < -0.39 is 0 Å². The van der Waals surface area contributed by atoms with Gasteiger partial charge in [0.1, 0.15) is 23.2 Å². The van der Waals surface area contributed by atoms with Crippen LogP contribution >= 0.6 is 24.8 Å². The first kappa shape index (κ1) is 29.1. The van der Waals surface area contributed by atoms with Crippen molar-refractivity contribution in [2.45, 2.75) is 45.8 Å². The number of aromatic nitrogens is 3. The predicted octanol–water partition coefficient (Wildman–Crippen LogP) is 6.45. The maximum atomic E-state index is 13.7. The summed E-state index contributed by atoms with van der Waals surface area (Å²) in [5.74, 6) is 1.12. The van der Waals surface area contributed by atoms with Crippen LogP contribution in [0.1, 0.15) is 47.2 Å². The molecule has 1 saturated carbocycles. The number of hydrogen-bond acceptors (Lipinski definition) is 4. The van der Waals surface area contributed by atoms with Gasteiger partial charge in [-0.05, 0) is 68.1 Å². The number of imidazole rings is 1. The standard InChI is InChI=1S/C29H30FN5O.2ClH/c1-3-34(25-14-15-25)28-16-9-23(17-31-28)19-35(26-12-10-24(30)11-13-26)29(36)27-20-33(21(2)32-27)18-22-7-5-4-6-8-22;;/h4-13,16-17,20,25H,3,14-15,18-19H2,1-2H3;2*1H. The summed E-state index contributed by atoms with van der Waals surface area (Å²) in [6.07, 6.45) is 6.03. The van der Waals surface area contributed by atoms with Crippen molar-refractivity contribution in [3.8, 4) is 0 Å². The number of amides is 1. The molecule has 4 aromatic rings. The second-order valence-corrected chi connectivity index (χ2v) is 9.20. The number of nitrogens with zero attached hydrogens (tertiary/aromatic N) is 5. The Morgan fingerprint density at radius 3 is 2.32 bits per heavy atom. The number of carbonyl (C=O) groups excluding carboxylic acids is 1. The van der Waals surface area contributed by atoms with Crippen molar-refractivity contribution in [2.24, 2.45) is 0 Å². The van der Waals surface area contributed by atoms with E-state index in [2.05, 4.69) is 21.8 Å². The van der Waals surface area contributed by atoms with E-state index >= 15 is 0 Å². The molecule has 0 bridgehead atoms. The van der Waals surface area contributed by atoms with Crippen LogP contribution in [0.3, 0.4) is 0 Å². The van der Waals surface area contributed by atoms with Crippen LogP contribution < -0.4 is 9.80 Å². The Balaban J connectivity index is 0.00000200. The molecule has 0 radical (unpaired) electrons. The summed E-state index contributed by atoms with van der Waals surface area (Å²) in [6.45, 7) is 5.88. The van der Waals surface area contributed by atoms with Gasteiger partial charge in [-0.1, -0.05) is 36.4 Å². The highest BCUT2D eigenvalue weighted by atomic mass is 35.5. The lowest BCUT2D eigenvalue weighted by molar-refractivity contribution is 0.0980. The lowest BCUT2D eigenvalue weighted by Crippen LogP contribution is -2.31. The fourth-order valence-electron chi connectivity index (χ4n) is 4.45. The summed E-state index contributed by atoms with van der Waals surface area (Å²) >= 11 is 0. The average Bonchev–Trinajstić information content (AvgIpc) is 3.67. The van der Waals surface area contributed by atoms with E-state index in [0.717, 1.165) is 29.3 Å². The van der Waals surface area contributed by atoms with Gasteiger partial charge in [-0.2, -0.15) is 0 Å².